The fourth-order valence-electron chi connectivity index (χ4n) is 2.79. The van der Waals surface area contributed by atoms with E-state index in [-0.39, 0.29) is 6.10 Å². The van der Waals surface area contributed by atoms with Crippen molar-refractivity contribution in [1.29, 1.82) is 0 Å². The molecule has 76 valence electrons. The van der Waals surface area contributed by atoms with Crippen molar-refractivity contribution in [2.45, 2.75) is 44.6 Å². The van der Waals surface area contributed by atoms with Gasteiger partial charge in [0.2, 0.25) is 0 Å². The first-order valence-electron chi connectivity index (χ1n) is 5.75. The standard InChI is InChI=1S/C11H21NO/c13-11(10-5-6-12-8-10)7-9-3-1-2-4-9/h9-13H,1-8H2/t10-,11?/m1/s1. The predicted molar refractivity (Wildman–Crippen MR) is 53.6 cm³/mol. The number of rotatable bonds is 3. The summed E-state index contributed by atoms with van der Waals surface area (Å²) < 4.78 is 0. The van der Waals surface area contributed by atoms with E-state index in [1.54, 1.807) is 0 Å². The average Bonchev–Trinajstić information content (AvgIpc) is 2.74. The summed E-state index contributed by atoms with van der Waals surface area (Å²) >= 11 is 0. The Hall–Kier alpha value is -0.0800. The van der Waals surface area contributed by atoms with E-state index in [0.29, 0.717) is 5.92 Å². The molecule has 13 heavy (non-hydrogen) atoms. The van der Waals surface area contributed by atoms with Gasteiger partial charge in [0.15, 0.2) is 0 Å². The molecule has 1 saturated carbocycles. The van der Waals surface area contributed by atoms with Gasteiger partial charge in [-0.05, 0) is 31.2 Å². The maximum atomic E-state index is 9.97. The van der Waals surface area contributed by atoms with Crippen LogP contribution in [0.5, 0.6) is 0 Å². The largest absolute Gasteiger partial charge is 0.393 e. The third-order valence-corrected chi connectivity index (χ3v) is 3.69. The van der Waals surface area contributed by atoms with Crippen molar-refractivity contribution >= 4 is 0 Å². The van der Waals surface area contributed by atoms with E-state index < -0.39 is 0 Å². The minimum absolute atomic E-state index is 0.0295. The van der Waals surface area contributed by atoms with Crippen LogP contribution in [0.15, 0.2) is 0 Å². The third kappa shape index (κ3) is 2.44. The Labute approximate surface area is 80.7 Å². The second-order valence-corrected chi connectivity index (χ2v) is 4.71. The Bertz CT molecular complexity index is 148. The number of hydrogen-bond acceptors (Lipinski definition) is 2. The van der Waals surface area contributed by atoms with Gasteiger partial charge >= 0.3 is 0 Å². The molecule has 2 aliphatic rings. The van der Waals surface area contributed by atoms with Crippen molar-refractivity contribution in [2.24, 2.45) is 11.8 Å². The maximum Gasteiger partial charge on any atom is 0.0583 e. The molecule has 1 unspecified atom stereocenters. The van der Waals surface area contributed by atoms with Gasteiger partial charge in [-0.2, -0.15) is 0 Å². The lowest BCUT2D eigenvalue weighted by Crippen LogP contribution is -2.24. The zero-order valence-corrected chi connectivity index (χ0v) is 8.34. The summed E-state index contributed by atoms with van der Waals surface area (Å²) in [6.45, 7) is 2.14. The van der Waals surface area contributed by atoms with Crippen molar-refractivity contribution in [1.82, 2.24) is 5.32 Å². The molecule has 2 rings (SSSR count). The number of nitrogens with one attached hydrogen (secondary N) is 1. The lowest BCUT2D eigenvalue weighted by Gasteiger charge is -2.20. The number of aliphatic hydroxyl groups is 1. The van der Waals surface area contributed by atoms with Gasteiger partial charge in [-0.3, -0.25) is 0 Å². The lowest BCUT2D eigenvalue weighted by atomic mass is 9.91. The molecule has 0 bridgehead atoms. The minimum atomic E-state index is -0.0295. The van der Waals surface area contributed by atoms with E-state index in [2.05, 4.69) is 5.32 Å². The SMILES string of the molecule is OC(CC1CCCC1)[C@@H]1CCNC1. The highest BCUT2D eigenvalue weighted by molar-refractivity contribution is 4.80. The molecule has 1 heterocycles. The van der Waals surface area contributed by atoms with Crippen LogP contribution in [0, 0.1) is 11.8 Å². The second-order valence-electron chi connectivity index (χ2n) is 4.71. The van der Waals surface area contributed by atoms with E-state index in [1.165, 1.54) is 32.1 Å². The topological polar surface area (TPSA) is 32.3 Å². The molecule has 0 spiro atoms. The summed E-state index contributed by atoms with van der Waals surface area (Å²) in [4.78, 5) is 0. The van der Waals surface area contributed by atoms with Crippen LogP contribution in [-0.4, -0.2) is 24.3 Å². The molecule has 0 aromatic rings. The molecule has 2 heteroatoms. The van der Waals surface area contributed by atoms with E-state index in [4.69, 9.17) is 0 Å². The zero-order chi connectivity index (χ0) is 9.10. The highest BCUT2D eigenvalue weighted by Crippen LogP contribution is 2.30. The van der Waals surface area contributed by atoms with Gasteiger partial charge in [0.25, 0.3) is 0 Å². The summed E-state index contributed by atoms with van der Waals surface area (Å²) in [6.07, 6.45) is 7.70. The molecule has 0 amide bonds. The van der Waals surface area contributed by atoms with Gasteiger partial charge in [-0.25, -0.2) is 0 Å². The number of hydrogen-bond donors (Lipinski definition) is 2. The molecule has 0 aromatic heterocycles. The van der Waals surface area contributed by atoms with Crippen molar-refractivity contribution in [2.75, 3.05) is 13.1 Å². The van der Waals surface area contributed by atoms with Crippen LogP contribution in [0.1, 0.15) is 38.5 Å². The van der Waals surface area contributed by atoms with Gasteiger partial charge in [0.1, 0.15) is 0 Å². The quantitative estimate of drug-likeness (QED) is 0.695. The molecule has 2 fully saturated rings. The lowest BCUT2D eigenvalue weighted by molar-refractivity contribution is 0.0907. The van der Waals surface area contributed by atoms with E-state index in [0.717, 1.165) is 25.4 Å². The van der Waals surface area contributed by atoms with Crippen molar-refractivity contribution in [3.05, 3.63) is 0 Å². The Morgan fingerprint density at radius 3 is 2.62 bits per heavy atom. The Kier molecular flexibility index (Phi) is 3.23. The van der Waals surface area contributed by atoms with Crippen LogP contribution in [0.2, 0.25) is 0 Å². The van der Waals surface area contributed by atoms with E-state index in [1.807, 2.05) is 0 Å². The Morgan fingerprint density at radius 1 is 1.23 bits per heavy atom. The minimum Gasteiger partial charge on any atom is -0.393 e. The van der Waals surface area contributed by atoms with E-state index >= 15 is 0 Å². The summed E-state index contributed by atoms with van der Waals surface area (Å²) in [5, 5.41) is 13.3. The van der Waals surface area contributed by atoms with Gasteiger partial charge in [0, 0.05) is 6.54 Å². The van der Waals surface area contributed by atoms with Crippen LogP contribution in [0.25, 0.3) is 0 Å². The zero-order valence-electron chi connectivity index (χ0n) is 8.34. The van der Waals surface area contributed by atoms with E-state index in [9.17, 15) is 5.11 Å². The second kappa shape index (κ2) is 4.43. The van der Waals surface area contributed by atoms with Crippen LogP contribution in [0.3, 0.4) is 0 Å². The summed E-state index contributed by atoms with van der Waals surface area (Å²) in [5.41, 5.74) is 0. The molecular formula is C11H21NO. The molecule has 2 N–H and O–H groups in total. The fraction of sp³-hybridized carbons (Fsp3) is 1.00. The maximum absolute atomic E-state index is 9.97. The van der Waals surface area contributed by atoms with Gasteiger partial charge in [-0.15, -0.1) is 0 Å². The monoisotopic (exact) mass is 183 g/mol. The Morgan fingerprint density at radius 2 is 2.00 bits per heavy atom. The smallest absolute Gasteiger partial charge is 0.0583 e. The van der Waals surface area contributed by atoms with Gasteiger partial charge in [-0.1, -0.05) is 25.7 Å². The fourth-order valence-corrected chi connectivity index (χ4v) is 2.79. The summed E-state index contributed by atoms with van der Waals surface area (Å²) in [7, 11) is 0. The van der Waals surface area contributed by atoms with Crippen molar-refractivity contribution in [3.8, 4) is 0 Å². The third-order valence-electron chi connectivity index (χ3n) is 3.69. The van der Waals surface area contributed by atoms with Crippen LogP contribution < -0.4 is 5.32 Å². The van der Waals surface area contributed by atoms with Crippen LogP contribution in [-0.2, 0) is 0 Å². The molecule has 1 aliphatic heterocycles. The van der Waals surface area contributed by atoms with Crippen LogP contribution in [0.4, 0.5) is 0 Å². The first-order valence-corrected chi connectivity index (χ1v) is 5.75. The predicted octanol–water partition coefficient (Wildman–Crippen LogP) is 1.54. The summed E-state index contributed by atoms with van der Waals surface area (Å²) in [5.74, 6) is 1.37. The molecule has 0 radical (unpaired) electrons. The first-order chi connectivity index (χ1) is 6.36. The van der Waals surface area contributed by atoms with Crippen LogP contribution >= 0.6 is 0 Å². The highest BCUT2D eigenvalue weighted by atomic mass is 16.3. The summed E-state index contributed by atoms with van der Waals surface area (Å²) in [6, 6.07) is 0. The molecule has 1 aliphatic carbocycles. The van der Waals surface area contributed by atoms with Crippen molar-refractivity contribution < 1.29 is 5.11 Å². The Balaban J connectivity index is 1.73. The van der Waals surface area contributed by atoms with Gasteiger partial charge in [0.05, 0.1) is 6.10 Å². The molecule has 2 atom stereocenters. The van der Waals surface area contributed by atoms with Crippen molar-refractivity contribution in [3.63, 3.8) is 0 Å². The van der Waals surface area contributed by atoms with Gasteiger partial charge < -0.3 is 10.4 Å². The molecule has 2 nitrogen and oxygen atoms in total. The molecule has 0 aromatic carbocycles. The highest BCUT2D eigenvalue weighted by Gasteiger charge is 2.26. The molecule has 1 saturated heterocycles. The first kappa shape index (κ1) is 9.47. The average molecular weight is 183 g/mol. The molecular weight excluding hydrogens is 162 g/mol. The number of aliphatic hydroxyl groups excluding tert-OH is 1. The normalized spacial score (nSPS) is 32.5.